The van der Waals surface area contributed by atoms with Crippen LogP contribution in [0, 0.1) is 0 Å². The highest BCUT2D eigenvalue weighted by atomic mass is 15.2. The lowest BCUT2D eigenvalue weighted by molar-refractivity contribution is 0.244. The third kappa shape index (κ3) is 4.45. The van der Waals surface area contributed by atoms with Crippen LogP contribution in [0.2, 0.25) is 0 Å². The van der Waals surface area contributed by atoms with Gasteiger partial charge in [-0.2, -0.15) is 5.10 Å². The van der Waals surface area contributed by atoms with Crippen molar-refractivity contribution >= 4 is 5.65 Å². The fourth-order valence-electron chi connectivity index (χ4n) is 4.38. The van der Waals surface area contributed by atoms with E-state index in [1.807, 2.05) is 16.9 Å². The minimum atomic E-state index is 0.496. The average molecular weight is 426 g/mol. The summed E-state index contributed by atoms with van der Waals surface area (Å²) in [5.74, 6) is 0.496. The van der Waals surface area contributed by atoms with Crippen molar-refractivity contribution in [2.75, 3.05) is 32.7 Å². The van der Waals surface area contributed by atoms with Gasteiger partial charge in [-0.15, -0.1) is 0 Å². The van der Waals surface area contributed by atoms with E-state index in [-0.39, 0.29) is 0 Å². The second-order valence-electron chi connectivity index (χ2n) is 8.99. The van der Waals surface area contributed by atoms with Gasteiger partial charge in [0.2, 0.25) is 0 Å². The van der Waals surface area contributed by atoms with Crippen LogP contribution in [0.25, 0.3) is 27.9 Å². The SMILES string of the molecule is CC(C)c1cccc(-c2cnn3cc(-c4ccc(CCN5CCNCC5)cc4)cnc23)c1. The van der Waals surface area contributed by atoms with Gasteiger partial charge in [0.15, 0.2) is 5.65 Å². The normalized spacial score (nSPS) is 15.0. The monoisotopic (exact) mass is 425 g/mol. The van der Waals surface area contributed by atoms with Crippen molar-refractivity contribution in [3.05, 3.63) is 78.2 Å². The van der Waals surface area contributed by atoms with Crippen LogP contribution in [0.1, 0.15) is 30.9 Å². The van der Waals surface area contributed by atoms with Crippen molar-refractivity contribution in [2.24, 2.45) is 0 Å². The highest BCUT2D eigenvalue weighted by molar-refractivity contribution is 5.78. The van der Waals surface area contributed by atoms with E-state index in [2.05, 4.69) is 83.9 Å². The molecule has 0 amide bonds. The van der Waals surface area contributed by atoms with Gasteiger partial charge in [-0.1, -0.05) is 62.4 Å². The van der Waals surface area contributed by atoms with Gasteiger partial charge in [-0.3, -0.25) is 0 Å². The minimum absolute atomic E-state index is 0.496. The van der Waals surface area contributed by atoms with Crippen LogP contribution in [0.15, 0.2) is 67.1 Å². The van der Waals surface area contributed by atoms with Crippen molar-refractivity contribution in [2.45, 2.75) is 26.2 Å². The third-order valence-corrected chi connectivity index (χ3v) is 6.43. The van der Waals surface area contributed by atoms with Gasteiger partial charge >= 0.3 is 0 Å². The Hall–Kier alpha value is -3.02. The topological polar surface area (TPSA) is 45.5 Å². The molecular formula is C27H31N5. The quantitative estimate of drug-likeness (QED) is 0.489. The molecule has 164 valence electrons. The van der Waals surface area contributed by atoms with Crippen molar-refractivity contribution < 1.29 is 0 Å². The Labute approximate surface area is 190 Å². The van der Waals surface area contributed by atoms with Crippen molar-refractivity contribution in [1.82, 2.24) is 24.8 Å². The van der Waals surface area contributed by atoms with Crippen molar-refractivity contribution in [3.63, 3.8) is 0 Å². The lowest BCUT2D eigenvalue weighted by Crippen LogP contribution is -2.44. The first kappa shape index (κ1) is 20.9. The van der Waals surface area contributed by atoms with Gasteiger partial charge < -0.3 is 10.2 Å². The van der Waals surface area contributed by atoms with Crippen LogP contribution in [-0.4, -0.2) is 52.2 Å². The van der Waals surface area contributed by atoms with E-state index in [0.717, 1.165) is 55.9 Å². The van der Waals surface area contributed by atoms with E-state index in [9.17, 15) is 0 Å². The minimum Gasteiger partial charge on any atom is -0.314 e. The number of piperazine rings is 1. The zero-order valence-corrected chi connectivity index (χ0v) is 19.0. The maximum Gasteiger partial charge on any atom is 0.162 e. The van der Waals surface area contributed by atoms with E-state index in [0.29, 0.717) is 5.92 Å². The summed E-state index contributed by atoms with van der Waals surface area (Å²) in [6, 6.07) is 17.6. The van der Waals surface area contributed by atoms with Crippen molar-refractivity contribution in [1.29, 1.82) is 0 Å². The summed E-state index contributed by atoms with van der Waals surface area (Å²) in [4.78, 5) is 7.31. The number of rotatable bonds is 6. The van der Waals surface area contributed by atoms with Gasteiger partial charge in [0, 0.05) is 56.2 Å². The first-order valence-electron chi connectivity index (χ1n) is 11.6. The summed E-state index contributed by atoms with van der Waals surface area (Å²) in [6.07, 6.45) is 7.05. The molecule has 0 aliphatic carbocycles. The summed E-state index contributed by atoms with van der Waals surface area (Å²) in [7, 11) is 0. The molecule has 4 aromatic rings. The van der Waals surface area contributed by atoms with Gasteiger partial charge in [0.1, 0.15) is 0 Å². The summed E-state index contributed by atoms with van der Waals surface area (Å²) < 4.78 is 1.89. The lowest BCUT2D eigenvalue weighted by Gasteiger charge is -2.27. The molecule has 0 radical (unpaired) electrons. The van der Waals surface area contributed by atoms with Gasteiger partial charge in [-0.25, -0.2) is 9.50 Å². The Balaban J connectivity index is 1.33. The molecule has 0 unspecified atom stereocenters. The predicted octanol–water partition coefficient (Wildman–Crippen LogP) is 4.63. The zero-order chi connectivity index (χ0) is 21.9. The van der Waals surface area contributed by atoms with Crippen LogP contribution < -0.4 is 5.32 Å². The summed E-state index contributed by atoms with van der Waals surface area (Å²) in [5.41, 5.74) is 8.09. The zero-order valence-electron chi connectivity index (χ0n) is 19.0. The molecule has 2 aromatic carbocycles. The van der Waals surface area contributed by atoms with Gasteiger partial charge in [0.25, 0.3) is 0 Å². The molecule has 1 aliphatic rings. The number of nitrogens with one attached hydrogen (secondary N) is 1. The number of hydrogen-bond donors (Lipinski definition) is 1. The molecule has 1 N–H and O–H groups in total. The molecule has 0 atom stereocenters. The van der Waals surface area contributed by atoms with Crippen LogP contribution in [0.3, 0.4) is 0 Å². The lowest BCUT2D eigenvalue weighted by atomic mass is 9.98. The first-order valence-corrected chi connectivity index (χ1v) is 11.6. The molecule has 3 heterocycles. The number of aromatic nitrogens is 3. The maximum absolute atomic E-state index is 4.78. The first-order chi connectivity index (χ1) is 15.7. The second kappa shape index (κ2) is 9.23. The number of fused-ring (bicyclic) bond motifs is 1. The molecule has 5 nitrogen and oxygen atoms in total. The Kier molecular flexibility index (Phi) is 6.02. The maximum atomic E-state index is 4.78. The van der Waals surface area contributed by atoms with Crippen LogP contribution in [0.4, 0.5) is 0 Å². The number of nitrogens with zero attached hydrogens (tertiary/aromatic N) is 4. The summed E-state index contributed by atoms with van der Waals surface area (Å²) in [5, 5.41) is 8.01. The highest BCUT2D eigenvalue weighted by Crippen LogP contribution is 2.28. The molecule has 2 aromatic heterocycles. The Morgan fingerprint density at radius 3 is 2.53 bits per heavy atom. The van der Waals surface area contributed by atoms with Gasteiger partial charge in [-0.05, 0) is 34.6 Å². The molecule has 32 heavy (non-hydrogen) atoms. The van der Waals surface area contributed by atoms with E-state index < -0.39 is 0 Å². The molecule has 1 saturated heterocycles. The molecular weight excluding hydrogens is 394 g/mol. The van der Waals surface area contributed by atoms with Crippen LogP contribution in [-0.2, 0) is 6.42 Å². The number of benzene rings is 2. The number of hydrogen-bond acceptors (Lipinski definition) is 4. The van der Waals surface area contributed by atoms with E-state index in [1.165, 1.54) is 22.3 Å². The highest BCUT2D eigenvalue weighted by Gasteiger charge is 2.12. The molecule has 1 fully saturated rings. The van der Waals surface area contributed by atoms with Crippen LogP contribution >= 0.6 is 0 Å². The Bertz CT molecular complexity index is 1190. The Morgan fingerprint density at radius 1 is 0.938 bits per heavy atom. The standard InChI is InChI=1S/C27H31N5/c1-20(2)23-4-3-5-24(16-23)26-18-30-32-19-25(17-29-27(26)32)22-8-6-21(7-9-22)10-13-31-14-11-28-12-15-31/h3-9,16-20,28H,10-15H2,1-2H3. The summed E-state index contributed by atoms with van der Waals surface area (Å²) in [6.45, 7) is 10.1. The Morgan fingerprint density at radius 2 is 1.75 bits per heavy atom. The predicted molar refractivity (Wildman–Crippen MR) is 131 cm³/mol. The molecule has 0 saturated carbocycles. The smallest absolute Gasteiger partial charge is 0.162 e. The molecule has 0 spiro atoms. The fraction of sp³-hybridized carbons (Fsp3) is 0.333. The largest absolute Gasteiger partial charge is 0.314 e. The van der Waals surface area contributed by atoms with E-state index in [4.69, 9.17) is 4.98 Å². The molecule has 5 heteroatoms. The second-order valence-corrected chi connectivity index (χ2v) is 8.99. The van der Waals surface area contributed by atoms with E-state index in [1.54, 1.807) is 0 Å². The average Bonchev–Trinajstić information content (AvgIpc) is 3.27. The molecule has 0 bridgehead atoms. The van der Waals surface area contributed by atoms with Crippen molar-refractivity contribution in [3.8, 4) is 22.3 Å². The fourth-order valence-corrected chi connectivity index (χ4v) is 4.38. The van der Waals surface area contributed by atoms with Crippen LogP contribution in [0.5, 0.6) is 0 Å². The summed E-state index contributed by atoms with van der Waals surface area (Å²) >= 11 is 0. The van der Waals surface area contributed by atoms with E-state index >= 15 is 0 Å². The molecule has 5 rings (SSSR count). The third-order valence-electron chi connectivity index (χ3n) is 6.43. The molecule has 1 aliphatic heterocycles. The van der Waals surface area contributed by atoms with Gasteiger partial charge in [0.05, 0.1) is 6.20 Å².